The lowest BCUT2D eigenvalue weighted by molar-refractivity contribution is -0.384. The number of hydrogen-bond donors (Lipinski definition) is 1. The van der Waals surface area contributed by atoms with Crippen LogP contribution >= 0.6 is 0 Å². The molecule has 0 aliphatic rings. The zero-order valence-corrected chi connectivity index (χ0v) is 11.3. The number of pyridine rings is 1. The van der Waals surface area contributed by atoms with Gasteiger partial charge < -0.3 is 4.98 Å². The van der Waals surface area contributed by atoms with Crippen LogP contribution in [-0.4, -0.2) is 19.9 Å². The molecule has 0 fully saturated rings. The van der Waals surface area contributed by atoms with Crippen LogP contribution in [0, 0.1) is 17.0 Å². The second-order valence-electron chi connectivity index (χ2n) is 4.64. The zero-order valence-electron chi connectivity index (χ0n) is 11.3. The summed E-state index contributed by atoms with van der Waals surface area (Å²) in [5.41, 5.74) is 3.60. The maximum atomic E-state index is 10.8. The molecule has 2 aromatic heterocycles. The first-order valence-corrected chi connectivity index (χ1v) is 6.36. The molecule has 0 atom stereocenters. The lowest BCUT2D eigenvalue weighted by Crippen LogP contribution is -1.89. The Bertz CT molecular complexity index is 811. The molecule has 104 valence electrons. The molecule has 6 heteroatoms. The van der Waals surface area contributed by atoms with Crippen molar-refractivity contribution in [2.45, 2.75) is 6.92 Å². The predicted octanol–water partition coefficient (Wildman–Crippen LogP) is 3.36. The summed E-state index contributed by atoms with van der Waals surface area (Å²) in [4.78, 5) is 22.0. The Balaban J connectivity index is 2.01. The van der Waals surface area contributed by atoms with Gasteiger partial charge in [0.25, 0.3) is 5.69 Å². The number of hydrogen-bond acceptors (Lipinski definition) is 4. The van der Waals surface area contributed by atoms with Crippen molar-refractivity contribution < 1.29 is 4.92 Å². The van der Waals surface area contributed by atoms with Gasteiger partial charge in [-0.2, -0.15) is 0 Å². The fraction of sp³-hybridized carbons (Fsp3) is 0.0667. The Morgan fingerprint density at radius 3 is 2.86 bits per heavy atom. The number of nitro groups is 1. The highest BCUT2D eigenvalue weighted by Crippen LogP contribution is 2.25. The Kier molecular flexibility index (Phi) is 3.19. The summed E-state index contributed by atoms with van der Waals surface area (Å²) in [5.74, 6) is 0.594. The van der Waals surface area contributed by atoms with Crippen molar-refractivity contribution in [3.8, 4) is 22.6 Å². The number of aromatic nitrogens is 3. The van der Waals surface area contributed by atoms with Gasteiger partial charge >= 0.3 is 0 Å². The molecule has 6 nitrogen and oxygen atoms in total. The molecule has 3 rings (SSSR count). The molecule has 1 aromatic carbocycles. The molecule has 0 saturated heterocycles. The van der Waals surface area contributed by atoms with Crippen LogP contribution in [0.5, 0.6) is 0 Å². The van der Waals surface area contributed by atoms with E-state index in [4.69, 9.17) is 0 Å². The van der Waals surface area contributed by atoms with E-state index in [0.717, 1.165) is 16.8 Å². The van der Waals surface area contributed by atoms with E-state index in [0.29, 0.717) is 11.4 Å². The highest BCUT2D eigenvalue weighted by Gasteiger charge is 2.11. The molecule has 0 radical (unpaired) electrons. The molecule has 0 aliphatic carbocycles. The second kappa shape index (κ2) is 5.16. The molecule has 0 amide bonds. The number of imidazole rings is 1. The van der Waals surface area contributed by atoms with Gasteiger partial charge in [-0.25, -0.2) is 4.98 Å². The first-order valence-electron chi connectivity index (χ1n) is 6.36. The predicted molar refractivity (Wildman–Crippen MR) is 78.6 cm³/mol. The van der Waals surface area contributed by atoms with Gasteiger partial charge in [0, 0.05) is 35.7 Å². The number of rotatable bonds is 3. The van der Waals surface area contributed by atoms with E-state index in [9.17, 15) is 10.1 Å². The van der Waals surface area contributed by atoms with Crippen LogP contribution in [0.15, 0.2) is 48.9 Å². The molecule has 0 spiro atoms. The molecule has 0 unspecified atom stereocenters. The maximum absolute atomic E-state index is 10.8. The van der Waals surface area contributed by atoms with Crippen LogP contribution in [0.4, 0.5) is 5.69 Å². The molecule has 1 N–H and O–H groups in total. The zero-order chi connectivity index (χ0) is 14.8. The van der Waals surface area contributed by atoms with Crippen molar-refractivity contribution in [3.05, 3.63) is 64.6 Å². The van der Waals surface area contributed by atoms with E-state index < -0.39 is 4.92 Å². The summed E-state index contributed by atoms with van der Waals surface area (Å²) in [6.45, 7) is 1.99. The number of benzene rings is 1. The molecule has 2 heterocycles. The molecular formula is C15H12N4O2. The fourth-order valence-electron chi connectivity index (χ4n) is 2.12. The number of aryl methyl sites for hydroxylation is 1. The van der Waals surface area contributed by atoms with Crippen molar-refractivity contribution in [1.29, 1.82) is 0 Å². The SMILES string of the molecule is Cc1ccncc1-c1cnc(-c2cccc([N+](=O)[O-])c2)[nH]1. The summed E-state index contributed by atoms with van der Waals surface area (Å²) in [6, 6.07) is 8.30. The third-order valence-corrected chi connectivity index (χ3v) is 3.24. The number of H-pyrrole nitrogens is 1. The van der Waals surface area contributed by atoms with E-state index in [1.54, 1.807) is 30.7 Å². The van der Waals surface area contributed by atoms with Crippen LogP contribution in [-0.2, 0) is 0 Å². The minimum atomic E-state index is -0.418. The number of nitro benzene ring substituents is 1. The monoisotopic (exact) mass is 280 g/mol. The summed E-state index contributed by atoms with van der Waals surface area (Å²) in [5, 5.41) is 10.8. The minimum Gasteiger partial charge on any atom is -0.338 e. The number of aromatic amines is 1. The normalized spacial score (nSPS) is 10.5. The molecule has 0 bridgehead atoms. The van der Waals surface area contributed by atoms with Gasteiger partial charge in [0.05, 0.1) is 16.8 Å². The summed E-state index contributed by atoms with van der Waals surface area (Å²) in [7, 11) is 0. The Hall–Kier alpha value is -3.02. The summed E-state index contributed by atoms with van der Waals surface area (Å²) < 4.78 is 0. The van der Waals surface area contributed by atoms with Gasteiger partial charge in [-0.1, -0.05) is 12.1 Å². The Morgan fingerprint density at radius 2 is 2.10 bits per heavy atom. The van der Waals surface area contributed by atoms with E-state index in [-0.39, 0.29) is 5.69 Å². The molecular weight excluding hydrogens is 268 g/mol. The number of non-ortho nitro benzene ring substituents is 1. The second-order valence-corrected chi connectivity index (χ2v) is 4.64. The molecule has 0 saturated carbocycles. The van der Waals surface area contributed by atoms with Crippen LogP contribution in [0.2, 0.25) is 0 Å². The van der Waals surface area contributed by atoms with Crippen LogP contribution in [0.1, 0.15) is 5.56 Å². The molecule has 21 heavy (non-hydrogen) atoms. The van der Waals surface area contributed by atoms with E-state index in [2.05, 4.69) is 15.0 Å². The lowest BCUT2D eigenvalue weighted by Gasteiger charge is -2.01. The van der Waals surface area contributed by atoms with Crippen LogP contribution in [0.25, 0.3) is 22.6 Å². The average molecular weight is 280 g/mol. The van der Waals surface area contributed by atoms with Gasteiger partial charge in [-0.15, -0.1) is 0 Å². The molecule has 0 aliphatic heterocycles. The smallest absolute Gasteiger partial charge is 0.270 e. The van der Waals surface area contributed by atoms with Gasteiger partial charge in [0.1, 0.15) is 5.82 Å². The minimum absolute atomic E-state index is 0.0445. The standard InChI is InChI=1S/C15H12N4O2/c1-10-5-6-16-8-13(10)14-9-17-15(18-14)11-3-2-4-12(7-11)19(20)21/h2-9H,1H3,(H,17,18). The summed E-state index contributed by atoms with van der Waals surface area (Å²) >= 11 is 0. The van der Waals surface area contributed by atoms with Crippen LogP contribution in [0.3, 0.4) is 0 Å². The highest BCUT2D eigenvalue weighted by molar-refractivity contribution is 5.67. The van der Waals surface area contributed by atoms with E-state index in [1.807, 2.05) is 13.0 Å². The highest BCUT2D eigenvalue weighted by atomic mass is 16.6. The quantitative estimate of drug-likeness (QED) is 0.589. The summed E-state index contributed by atoms with van der Waals surface area (Å²) in [6.07, 6.45) is 5.20. The first-order chi connectivity index (χ1) is 10.1. The van der Waals surface area contributed by atoms with Crippen LogP contribution < -0.4 is 0 Å². The van der Waals surface area contributed by atoms with Gasteiger partial charge in [-0.05, 0) is 18.6 Å². The van der Waals surface area contributed by atoms with Crippen molar-refractivity contribution in [2.75, 3.05) is 0 Å². The van der Waals surface area contributed by atoms with Crippen molar-refractivity contribution in [1.82, 2.24) is 15.0 Å². The van der Waals surface area contributed by atoms with Gasteiger partial charge in [0.2, 0.25) is 0 Å². The fourth-order valence-corrected chi connectivity index (χ4v) is 2.12. The average Bonchev–Trinajstić information content (AvgIpc) is 2.97. The van der Waals surface area contributed by atoms with Crippen molar-refractivity contribution in [3.63, 3.8) is 0 Å². The lowest BCUT2D eigenvalue weighted by atomic mass is 10.1. The Morgan fingerprint density at radius 1 is 1.24 bits per heavy atom. The first kappa shape index (κ1) is 13.0. The maximum Gasteiger partial charge on any atom is 0.270 e. The van der Waals surface area contributed by atoms with Gasteiger partial charge in [-0.3, -0.25) is 15.1 Å². The number of nitrogens with zero attached hydrogens (tertiary/aromatic N) is 3. The Labute approximate surface area is 120 Å². The topological polar surface area (TPSA) is 84.7 Å². The third kappa shape index (κ3) is 2.51. The van der Waals surface area contributed by atoms with Gasteiger partial charge in [0.15, 0.2) is 0 Å². The van der Waals surface area contributed by atoms with E-state index >= 15 is 0 Å². The third-order valence-electron chi connectivity index (χ3n) is 3.24. The largest absolute Gasteiger partial charge is 0.338 e. The number of nitrogens with one attached hydrogen (secondary N) is 1. The molecule has 3 aromatic rings. The van der Waals surface area contributed by atoms with Crippen molar-refractivity contribution in [2.24, 2.45) is 0 Å². The van der Waals surface area contributed by atoms with Crippen molar-refractivity contribution >= 4 is 5.69 Å². The van der Waals surface area contributed by atoms with E-state index in [1.165, 1.54) is 12.1 Å².